The molecule has 5 nitrogen and oxygen atoms in total. The van der Waals surface area contributed by atoms with E-state index in [-0.39, 0.29) is 5.91 Å². The van der Waals surface area contributed by atoms with Gasteiger partial charge in [-0.2, -0.15) is 5.10 Å². The molecule has 26 heavy (non-hydrogen) atoms. The fourth-order valence-electron chi connectivity index (χ4n) is 4.30. The van der Waals surface area contributed by atoms with Crippen LogP contribution in [0.2, 0.25) is 0 Å². The quantitative estimate of drug-likeness (QED) is 0.849. The first-order valence-corrected chi connectivity index (χ1v) is 9.84. The van der Waals surface area contributed by atoms with Gasteiger partial charge in [0.05, 0.1) is 23.1 Å². The van der Waals surface area contributed by atoms with Crippen molar-refractivity contribution in [2.24, 2.45) is 0 Å². The molecule has 0 bridgehead atoms. The number of hydrogen-bond donors (Lipinski definition) is 0. The summed E-state index contributed by atoms with van der Waals surface area (Å²) in [7, 11) is 0. The van der Waals surface area contributed by atoms with E-state index in [4.69, 9.17) is 0 Å². The first kappa shape index (κ1) is 17.3. The second-order valence-electron chi connectivity index (χ2n) is 7.54. The van der Waals surface area contributed by atoms with Crippen molar-refractivity contribution in [1.29, 1.82) is 0 Å². The highest BCUT2D eigenvalue weighted by molar-refractivity contribution is 5.95. The van der Waals surface area contributed by atoms with E-state index in [2.05, 4.69) is 48.1 Å². The minimum absolute atomic E-state index is 0.141. The van der Waals surface area contributed by atoms with Crippen molar-refractivity contribution < 1.29 is 4.79 Å². The standard InChI is InChI=1S/C21H28N4O/c1-3-20-19(14-22-25(20)17-8-6-16(2)7-9-17)21(26)24-13-10-18(15-24)23-11-4-5-12-23/h6-9,14,18H,3-5,10-13,15H2,1-2H3. The lowest BCUT2D eigenvalue weighted by molar-refractivity contribution is 0.0779. The van der Waals surface area contributed by atoms with Crippen molar-refractivity contribution in [3.05, 3.63) is 47.3 Å². The zero-order chi connectivity index (χ0) is 18.1. The first-order valence-electron chi connectivity index (χ1n) is 9.84. The average Bonchev–Trinajstić information content (AvgIpc) is 3.40. The monoisotopic (exact) mass is 352 g/mol. The Morgan fingerprint density at radius 3 is 2.58 bits per heavy atom. The molecule has 0 spiro atoms. The number of carbonyl (C=O) groups excluding carboxylic acids is 1. The molecule has 2 aliphatic heterocycles. The summed E-state index contributed by atoms with van der Waals surface area (Å²) in [4.78, 5) is 17.7. The molecule has 0 N–H and O–H groups in total. The van der Waals surface area contributed by atoms with Crippen LogP contribution >= 0.6 is 0 Å². The van der Waals surface area contributed by atoms with Crippen LogP contribution in [0.3, 0.4) is 0 Å². The van der Waals surface area contributed by atoms with E-state index in [0.717, 1.165) is 42.9 Å². The molecule has 1 atom stereocenters. The maximum absolute atomic E-state index is 13.1. The van der Waals surface area contributed by atoms with Crippen LogP contribution in [-0.2, 0) is 6.42 Å². The van der Waals surface area contributed by atoms with Crippen LogP contribution in [-0.4, -0.2) is 57.7 Å². The van der Waals surface area contributed by atoms with Gasteiger partial charge in [0.2, 0.25) is 0 Å². The van der Waals surface area contributed by atoms with Gasteiger partial charge in [0.25, 0.3) is 5.91 Å². The minimum Gasteiger partial charge on any atom is -0.337 e. The molecule has 1 amide bonds. The summed E-state index contributed by atoms with van der Waals surface area (Å²) in [5.74, 6) is 0.141. The predicted octanol–water partition coefficient (Wildman–Crippen LogP) is 3.05. The van der Waals surface area contributed by atoms with Crippen molar-refractivity contribution in [2.45, 2.75) is 45.6 Å². The van der Waals surface area contributed by atoms with Gasteiger partial charge in [0.15, 0.2) is 0 Å². The topological polar surface area (TPSA) is 41.4 Å². The van der Waals surface area contributed by atoms with E-state index in [1.165, 1.54) is 31.5 Å². The van der Waals surface area contributed by atoms with E-state index < -0.39 is 0 Å². The molecule has 1 unspecified atom stereocenters. The van der Waals surface area contributed by atoms with E-state index in [1.807, 2.05) is 9.58 Å². The Kier molecular flexibility index (Phi) is 4.81. The lowest BCUT2D eigenvalue weighted by Crippen LogP contribution is -2.37. The Bertz CT molecular complexity index is 774. The number of aromatic nitrogens is 2. The molecule has 0 saturated carbocycles. The van der Waals surface area contributed by atoms with E-state index in [9.17, 15) is 4.79 Å². The van der Waals surface area contributed by atoms with Crippen molar-refractivity contribution in [3.63, 3.8) is 0 Å². The van der Waals surface area contributed by atoms with Crippen LogP contribution in [0.4, 0.5) is 0 Å². The molecular weight excluding hydrogens is 324 g/mol. The van der Waals surface area contributed by atoms with Crippen LogP contribution in [0, 0.1) is 6.92 Å². The van der Waals surface area contributed by atoms with Gasteiger partial charge in [-0.05, 0) is 57.8 Å². The summed E-state index contributed by atoms with van der Waals surface area (Å²) in [5.41, 5.74) is 4.00. The van der Waals surface area contributed by atoms with Crippen LogP contribution in [0.15, 0.2) is 30.5 Å². The molecule has 2 aromatic rings. The number of rotatable bonds is 4. The minimum atomic E-state index is 0.141. The number of benzene rings is 1. The molecule has 1 aromatic heterocycles. The maximum atomic E-state index is 13.1. The van der Waals surface area contributed by atoms with E-state index >= 15 is 0 Å². The van der Waals surface area contributed by atoms with Gasteiger partial charge in [-0.25, -0.2) is 4.68 Å². The normalized spacial score (nSPS) is 20.8. The first-order chi connectivity index (χ1) is 12.7. The SMILES string of the molecule is CCc1c(C(=O)N2CCC(N3CCCC3)C2)cnn1-c1ccc(C)cc1. The smallest absolute Gasteiger partial charge is 0.257 e. The fourth-order valence-corrected chi connectivity index (χ4v) is 4.30. The Morgan fingerprint density at radius 2 is 1.88 bits per heavy atom. The maximum Gasteiger partial charge on any atom is 0.257 e. The number of aryl methyl sites for hydroxylation is 1. The third-order valence-electron chi connectivity index (χ3n) is 5.82. The zero-order valence-electron chi connectivity index (χ0n) is 15.8. The van der Waals surface area contributed by atoms with Gasteiger partial charge in [-0.3, -0.25) is 9.69 Å². The van der Waals surface area contributed by atoms with Gasteiger partial charge in [0.1, 0.15) is 0 Å². The molecule has 4 rings (SSSR count). The lowest BCUT2D eigenvalue weighted by atomic mass is 10.1. The molecule has 138 valence electrons. The summed E-state index contributed by atoms with van der Waals surface area (Å²) in [6, 6.07) is 8.83. The van der Waals surface area contributed by atoms with E-state index in [0.29, 0.717) is 6.04 Å². The number of likely N-dealkylation sites (tertiary alicyclic amines) is 2. The predicted molar refractivity (Wildman–Crippen MR) is 103 cm³/mol. The third kappa shape index (κ3) is 3.16. The van der Waals surface area contributed by atoms with Gasteiger partial charge >= 0.3 is 0 Å². The highest BCUT2D eigenvalue weighted by Gasteiger charge is 2.33. The highest BCUT2D eigenvalue weighted by atomic mass is 16.2. The van der Waals surface area contributed by atoms with Crippen molar-refractivity contribution in [3.8, 4) is 5.69 Å². The highest BCUT2D eigenvalue weighted by Crippen LogP contribution is 2.24. The molecular formula is C21H28N4O. The summed E-state index contributed by atoms with van der Waals surface area (Å²) >= 11 is 0. The third-order valence-corrected chi connectivity index (χ3v) is 5.82. The molecule has 1 aromatic carbocycles. The summed E-state index contributed by atoms with van der Waals surface area (Å²) in [5, 5.41) is 4.53. The van der Waals surface area contributed by atoms with Gasteiger partial charge < -0.3 is 4.90 Å². The fraction of sp³-hybridized carbons (Fsp3) is 0.524. The largest absolute Gasteiger partial charge is 0.337 e. The zero-order valence-corrected chi connectivity index (χ0v) is 15.8. The molecule has 5 heteroatoms. The Balaban J connectivity index is 1.54. The van der Waals surface area contributed by atoms with E-state index in [1.54, 1.807) is 6.20 Å². The second kappa shape index (κ2) is 7.23. The van der Waals surface area contributed by atoms with Crippen LogP contribution < -0.4 is 0 Å². The number of carbonyl (C=O) groups is 1. The lowest BCUT2D eigenvalue weighted by Gasteiger charge is -2.23. The molecule has 2 aliphatic rings. The molecule has 2 saturated heterocycles. The Labute approximate surface area is 155 Å². The van der Waals surface area contributed by atoms with Crippen molar-refractivity contribution >= 4 is 5.91 Å². The molecule has 0 radical (unpaired) electrons. The van der Waals surface area contributed by atoms with Gasteiger partial charge in [-0.15, -0.1) is 0 Å². The van der Waals surface area contributed by atoms with Crippen LogP contribution in [0.5, 0.6) is 0 Å². The van der Waals surface area contributed by atoms with Gasteiger partial charge in [0, 0.05) is 19.1 Å². The van der Waals surface area contributed by atoms with Crippen LogP contribution in [0.25, 0.3) is 5.69 Å². The number of amides is 1. The Morgan fingerprint density at radius 1 is 1.15 bits per heavy atom. The van der Waals surface area contributed by atoms with Crippen LogP contribution in [0.1, 0.15) is 47.8 Å². The van der Waals surface area contributed by atoms with Gasteiger partial charge in [-0.1, -0.05) is 24.6 Å². The molecule has 3 heterocycles. The van der Waals surface area contributed by atoms with Crippen molar-refractivity contribution in [1.82, 2.24) is 19.6 Å². The van der Waals surface area contributed by atoms with Crippen molar-refractivity contribution in [2.75, 3.05) is 26.2 Å². The molecule has 0 aliphatic carbocycles. The second-order valence-corrected chi connectivity index (χ2v) is 7.54. The number of hydrogen-bond acceptors (Lipinski definition) is 3. The Hall–Kier alpha value is -2.14. The number of nitrogens with zero attached hydrogens (tertiary/aromatic N) is 4. The molecule has 2 fully saturated rings. The summed E-state index contributed by atoms with van der Waals surface area (Å²) in [6.07, 6.45) is 6.24. The summed E-state index contributed by atoms with van der Waals surface area (Å²) in [6.45, 7) is 8.27. The summed E-state index contributed by atoms with van der Waals surface area (Å²) < 4.78 is 1.92. The average molecular weight is 352 g/mol.